The molecule has 2 atom stereocenters. The maximum Gasteiger partial charge on any atom is 0.255 e. The molecule has 5 heteroatoms. The molecule has 4 N–H and O–H groups in total. The summed E-state index contributed by atoms with van der Waals surface area (Å²) in [6.07, 6.45) is 4.00. The molecular weight excluding hydrogens is 252 g/mol. The van der Waals surface area contributed by atoms with E-state index in [1.807, 2.05) is 0 Å². The molecule has 4 nitrogen and oxygen atoms in total. The number of hydrogen-bond donors (Lipinski definition) is 3. The molecule has 1 aromatic rings. The number of carbonyl (C=O) groups is 1. The third-order valence-corrected chi connectivity index (χ3v) is 3.58. The fourth-order valence-corrected chi connectivity index (χ4v) is 2.45. The smallest absolute Gasteiger partial charge is 0.255 e. The lowest BCUT2D eigenvalue weighted by atomic mass is 9.91. The van der Waals surface area contributed by atoms with Crippen molar-refractivity contribution in [2.75, 3.05) is 0 Å². The lowest BCUT2D eigenvalue weighted by Crippen LogP contribution is -2.49. The van der Waals surface area contributed by atoms with Gasteiger partial charge in [-0.15, -0.1) is 0 Å². The molecule has 2 unspecified atom stereocenters. The minimum atomic E-state index is -0.300. The summed E-state index contributed by atoms with van der Waals surface area (Å²) in [5.41, 5.74) is 6.20. The van der Waals surface area contributed by atoms with Crippen LogP contribution in [-0.4, -0.2) is 23.1 Å². The van der Waals surface area contributed by atoms with Gasteiger partial charge in [0.05, 0.1) is 5.56 Å². The number of amides is 1. The van der Waals surface area contributed by atoms with Crippen LogP contribution < -0.4 is 11.1 Å². The third kappa shape index (κ3) is 2.94. The van der Waals surface area contributed by atoms with Gasteiger partial charge in [-0.25, -0.2) is 0 Å². The van der Waals surface area contributed by atoms with Crippen LogP contribution in [0.4, 0.5) is 0 Å². The van der Waals surface area contributed by atoms with Gasteiger partial charge in [-0.2, -0.15) is 0 Å². The summed E-state index contributed by atoms with van der Waals surface area (Å²) in [6, 6.07) is 4.44. The summed E-state index contributed by atoms with van der Waals surface area (Å²) in [6.45, 7) is 0. The Bertz CT molecular complexity index is 451. The van der Waals surface area contributed by atoms with E-state index in [1.54, 1.807) is 6.07 Å². The number of nitrogens with one attached hydrogen (secondary N) is 1. The van der Waals surface area contributed by atoms with Gasteiger partial charge in [-0.1, -0.05) is 24.4 Å². The Kier molecular flexibility index (Phi) is 4.09. The van der Waals surface area contributed by atoms with Crippen molar-refractivity contribution in [1.82, 2.24) is 5.32 Å². The Morgan fingerprint density at radius 2 is 2.11 bits per heavy atom. The van der Waals surface area contributed by atoms with E-state index in [1.165, 1.54) is 12.1 Å². The van der Waals surface area contributed by atoms with E-state index in [4.69, 9.17) is 17.3 Å². The lowest BCUT2D eigenvalue weighted by Gasteiger charge is -2.29. The van der Waals surface area contributed by atoms with Crippen molar-refractivity contribution in [3.63, 3.8) is 0 Å². The molecule has 0 bridgehead atoms. The topological polar surface area (TPSA) is 75.3 Å². The van der Waals surface area contributed by atoms with Crippen molar-refractivity contribution in [3.05, 3.63) is 28.8 Å². The standard InChI is InChI=1S/C13H17ClN2O2/c14-8-5-6-9(12(17)7-8)13(18)16-11-4-2-1-3-10(11)15/h5-7,10-11,17H,1-4,15H2,(H,16,18). The molecule has 2 rings (SSSR count). The van der Waals surface area contributed by atoms with Crippen LogP contribution in [0.1, 0.15) is 36.0 Å². The van der Waals surface area contributed by atoms with Crippen molar-refractivity contribution < 1.29 is 9.90 Å². The molecule has 98 valence electrons. The van der Waals surface area contributed by atoms with Crippen LogP contribution in [0.5, 0.6) is 5.75 Å². The van der Waals surface area contributed by atoms with Gasteiger partial charge in [0, 0.05) is 17.1 Å². The average molecular weight is 269 g/mol. The fourth-order valence-electron chi connectivity index (χ4n) is 2.28. The molecule has 0 aromatic heterocycles. The summed E-state index contributed by atoms with van der Waals surface area (Å²) in [4.78, 5) is 12.0. The zero-order valence-electron chi connectivity index (χ0n) is 10.0. The minimum absolute atomic E-state index is 0.00265. The lowest BCUT2D eigenvalue weighted by molar-refractivity contribution is 0.0918. The second kappa shape index (κ2) is 5.59. The molecule has 1 fully saturated rings. The number of halogens is 1. The highest BCUT2D eigenvalue weighted by atomic mass is 35.5. The van der Waals surface area contributed by atoms with Crippen molar-refractivity contribution in [2.24, 2.45) is 5.73 Å². The minimum Gasteiger partial charge on any atom is -0.507 e. The number of aromatic hydroxyl groups is 1. The highest BCUT2D eigenvalue weighted by Crippen LogP contribution is 2.23. The van der Waals surface area contributed by atoms with Crippen LogP contribution in [-0.2, 0) is 0 Å². The first kappa shape index (κ1) is 13.2. The Hall–Kier alpha value is -1.26. The Morgan fingerprint density at radius 3 is 2.78 bits per heavy atom. The quantitative estimate of drug-likeness (QED) is 0.768. The number of phenolic OH excluding ortho intramolecular Hbond substituents is 1. The van der Waals surface area contributed by atoms with Gasteiger partial charge in [0.2, 0.25) is 0 Å². The normalized spacial score (nSPS) is 23.7. The van der Waals surface area contributed by atoms with Gasteiger partial charge in [0.1, 0.15) is 5.75 Å². The zero-order valence-corrected chi connectivity index (χ0v) is 10.8. The Morgan fingerprint density at radius 1 is 1.39 bits per heavy atom. The van der Waals surface area contributed by atoms with Crippen molar-refractivity contribution in [2.45, 2.75) is 37.8 Å². The first-order chi connectivity index (χ1) is 8.58. The second-order valence-electron chi connectivity index (χ2n) is 4.69. The van der Waals surface area contributed by atoms with Gasteiger partial charge >= 0.3 is 0 Å². The molecule has 0 saturated heterocycles. The van der Waals surface area contributed by atoms with Gasteiger partial charge in [-0.05, 0) is 31.0 Å². The van der Waals surface area contributed by atoms with E-state index in [2.05, 4.69) is 5.32 Å². The fraction of sp³-hybridized carbons (Fsp3) is 0.462. The van der Waals surface area contributed by atoms with Gasteiger partial charge < -0.3 is 16.2 Å². The monoisotopic (exact) mass is 268 g/mol. The molecule has 1 aromatic carbocycles. The molecule has 0 heterocycles. The largest absolute Gasteiger partial charge is 0.507 e. The van der Waals surface area contributed by atoms with Crippen LogP contribution in [0.2, 0.25) is 5.02 Å². The average Bonchev–Trinajstić information content (AvgIpc) is 2.32. The summed E-state index contributed by atoms with van der Waals surface area (Å²) in [5.74, 6) is -0.407. The first-order valence-corrected chi connectivity index (χ1v) is 6.50. The number of rotatable bonds is 2. The predicted octanol–water partition coefficient (Wildman–Crippen LogP) is 2.05. The van der Waals surface area contributed by atoms with Crippen molar-refractivity contribution >= 4 is 17.5 Å². The summed E-state index contributed by atoms with van der Waals surface area (Å²) >= 11 is 5.72. The number of nitrogens with two attached hydrogens (primary N) is 1. The highest BCUT2D eigenvalue weighted by Gasteiger charge is 2.24. The van der Waals surface area contributed by atoms with Gasteiger partial charge in [0.25, 0.3) is 5.91 Å². The first-order valence-electron chi connectivity index (χ1n) is 6.13. The van der Waals surface area contributed by atoms with Crippen LogP contribution in [0, 0.1) is 0 Å². The van der Waals surface area contributed by atoms with E-state index in [0.29, 0.717) is 5.02 Å². The van der Waals surface area contributed by atoms with E-state index in [9.17, 15) is 9.90 Å². The highest BCUT2D eigenvalue weighted by molar-refractivity contribution is 6.30. The van der Waals surface area contributed by atoms with E-state index in [-0.39, 0.29) is 29.3 Å². The maximum absolute atomic E-state index is 12.0. The Balaban J connectivity index is 2.07. The second-order valence-corrected chi connectivity index (χ2v) is 5.13. The summed E-state index contributed by atoms with van der Waals surface area (Å²) in [7, 11) is 0. The van der Waals surface area contributed by atoms with Crippen LogP contribution in [0.25, 0.3) is 0 Å². The molecule has 0 aliphatic heterocycles. The Labute approximate surface area is 111 Å². The van der Waals surface area contributed by atoms with Crippen LogP contribution in [0.3, 0.4) is 0 Å². The molecule has 1 saturated carbocycles. The molecular formula is C13H17ClN2O2. The molecule has 1 aliphatic rings. The summed E-state index contributed by atoms with van der Waals surface area (Å²) < 4.78 is 0. The van der Waals surface area contributed by atoms with Gasteiger partial charge in [0.15, 0.2) is 0 Å². The SMILES string of the molecule is NC1CCCCC1NC(=O)c1ccc(Cl)cc1O. The van der Waals surface area contributed by atoms with Crippen LogP contribution >= 0.6 is 11.6 Å². The predicted molar refractivity (Wildman–Crippen MR) is 70.8 cm³/mol. The van der Waals surface area contributed by atoms with Crippen molar-refractivity contribution in [3.8, 4) is 5.75 Å². The zero-order chi connectivity index (χ0) is 13.1. The number of benzene rings is 1. The maximum atomic E-state index is 12.0. The van der Waals surface area contributed by atoms with E-state index < -0.39 is 0 Å². The third-order valence-electron chi connectivity index (χ3n) is 3.34. The molecule has 1 amide bonds. The molecule has 1 aliphatic carbocycles. The number of hydrogen-bond acceptors (Lipinski definition) is 3. The van der Waals surface area contributed by atoms with Crippen LogP contribution in [0.15, 0.2) is 18.2 Å². The number of phenols is 1. The molecule has 0 spiro atoms. The molecule has 18 heavy (non-hydrogen) atoms. The number of carbonyl (C=O) groups excluding carboxylic acids is 1. The molecule has 0 radical (unpaired) electrons. The van der Waals surface area contributed by atoms with Gasteiger partial charge in [-0.3, -0.25) is 4.79 Å². The van der Waals surface area contributed by atoms with E-state index >= 15 is 0 Å². The van der Waals surface area contributed by atoms with E-state index in [0.717, 1.165) is 25.7 Å². The summed E-state index contributed by atoms with van der Waals surface area (Å²) in [5, 5.41) is 13.0. The van der Waals surface area contributed by atoms with Crippen molar-refractivity contribution in [1.29, 1.82) is 0 Å².